The van der Waals surface area contributed by atoms with E-state index in [0.29, 0.717) is 6.54 Å². The molecule has 1 amide bonds. The average Bonchev–Trinajstić information content (AvgIpc) is 3.52. The Kier molecular flexibility index (Phi) is 6.76. The van der Waals surface area contributed by atoms with Gasteiger partial charge in [-0.1, -0.05) is 41.9 Å². The molecule has 0 spiro atoms. The predicted octanol–water partition coefficient (Wildman–Crippen LogP) is 4.42. The number of carbonyl (C=O) groups excluding carboxylic acids is 1. The monoisotopic (exact) mass is 482 g/mol. The Morgan fingerprint density at radius 2 is 1.83 bits per heavy atom. The SMILES string of the molecule is CCN(CC)S(=O)(=O)c1cc(C(=O)N(Cc2cccc(Br)c2)C2CC2)ccc1F. The number of hydrogen-bond donors (Lipinski definition) is 0. The molecule has 1 saturated carbocycles. The Morgan fingerprint density at radius 1 is 1.14 bits per heavy atom. The molecule has 0 radical (unpaired) electrons. The minimum absolute atomic E-state index is 0.120. The number of nitrogens with zero attached hydrogens (tertiary/aromatic N) is 2. The fourth-order valence-electron chi connectivity index (χ4n) is 3.29. The van der Waals surface area contributed by atoms with Crippen LogP contribution in [0.2, 0.25) is 0 Å². The van der Waals surface area contributed by atoms with E-state index >= 15 is 0 Å². The molecule has 156 valence electrons. The van der Waals surface area contributed by atoms with Crippen LogP contribution in [0.1, 0.15) is 42.6 Å². The van der Waals surface area contributed by atoms with Crippen molar-refractivity contribution in [2.75, 3.05) is 13.1 Å². The van der Waals surface area contributed by atoms with Crippen molar-refractivity contribution < 1.29 is 17.6 Å². The van der Waals surface area contributed by atoms with Crippen molar-refractivity contribution in [2.45, 2.75) is 44.2 Å². The van der Waals surface area contributed by atoms with Crippen LogP contribution in [0, 0.1) is 5.82 Å². The summed E-state index contributed by atoms with van der Waals surface area (Å²) in [6.07, 6.45) is 1.82. The van der Waals surface area contributed by atoms with E-state index in [4.69, 9.17) is 0 Å². The van der Waals surface area contributed by atoms with Crippen LogP contribution in [0.4, 0.5) is 4.39 Å². The zero-order chi connectivity index (χ0) is 21.2. The van der Waals surface area contributed by atoms with Gasteiger partial charge in [0.05, 0.1) is 0 Å². The molecule has 0 heterocycles. The van der Waals surface area contributed by atoms with Gasteiger partial charge in [0.15, 0.2) is 0 Å². The molecular formula is C21H24BrFN2O3S. The number of hydrogen-bond acceptors (Lipinski definition) is 3. The van der Waals surface area contributed by atoms with E-state index in [1.54, 1.807) is 18.7 Å². The zero-order valence-corrected chi connectivity index (χ0v) is 18.8. The van der Waals surface area contributed by atoms with E-state index in [0.717, 1.165) is 28.9 Å². The molecule has 0 N–H and O–H groups in total. The van der Waals surface area contributed by atoms with E-state index < -0.39 is 20.7 Å². The van der Waals surface area contributed by atoms with Gasteiger partial charge in [-0.2, -0.15) is 4.31 Å². The average molecular weight is 483 g/mol. The quantitative estimate of drug-likeness (QED) is 0.559. The van der Waals surface area contributed by atoms with Crippen LogP contribution in [0.15, 0.2) is 51.8 Å². The Labute approximate surface area is 179 Å². The van der Waals surface area contributed by atoms with Crippen LogP contribution >= 0.6 is 15.9 Å². The standard InChI is InChI=1S/C21H24BrFN2O3S/c1-3-24(4-2)29(27,28)20-13-16(8-11-19(20)23)21(26)25(18-9-10-18)14-15-6-5-7-17(22)12-15/h5-8,11-13,18H,3-4,9-10,14H2,1-2H3. The van der Waals surface area contributed by atoms with Gasteiger partial charge in [-0.05, 0) is 48.7 Å². The third-order valence-electron chi connectivity index (χ3n) is 4.99. The molecule has 0 saturated heterocycles. The maximum Gasteiger partial charge on any atom is 0.254 e. The first-order valence-electron chi connectivity index (χ1n) is 9.63. The maximum absolute atomic E-state index is 14.4. The summed E-state index contributed by atoms with van der Waals surface area (Å²) in [5.41, 5.74) is 1.15. The summed E-state index contributed by atoms with van der Waals surface area (Å²) in [7, 11) is -4.00. The first kappa shape index (κ1) is 21.9. The predicted molar refractivity (Wildman–Crippen MR) is 114 cm³/mol. The van der Waals surface area contributed by atoms with E-state index in [2.05, 4.69) is 15.9 Å². The van der Waals surface area contributed by atoms with Crippen molar-refractivity contribution in [1.29, 1.82) is 0 Å². The van der Waals surface area contributed by atoms with Crippen molar-refractivity contribution in [1.82, 2.24) is 9.21 Å². The first-order valence-corrected chi connectivity index (χ1v) is 11.9. The Balaban J connectivity index is 1.93. The number of amides is 1. The van der Waals surface area contributed by atoms with Gasteiger partial charge in [0, 0.05) is 35.7 Å². The molecule has 29 heavy (non-hydrogen) atoms. The third-order valence-corrected chi connectivity index (χ3v) is 7.55. The van der Waals surface area contributed by atoms with Crippen LogP contribution in [0.5, 0.6) is 0 Å². The topological polar surface area (TPSA) is 57.7 Å². The minimum Gasteiger partial charge on any atom is -0.331 e. The van der Waals surface area contributed by atoms with Gasteiger partial charge >= 0.3 is 0 Å². The second-order valence-electron chi connectivity index (χ2n) is 7.03. The van der Waals surface area contributed by atoms with Gasteiger partial charge < -0.3 is 4.90 Å². The molecule has 0 aliphatic heterocycles. The summed E-state index contributed by atoms with van der Waals surface area (Å²) in [6.45, 7) is 4.26. The number of benzene rings is 2. The van der Waals surface area contributed by atoms with Gasteiger partial charge in [-0.3, -0.25) is 4.79 Å². The van der Waals surface area contributed by atoms with Crippen LogP contribution in [0.25, 0.3) is 0 Å². The van der Waals surface area contributed by atoms with Crippen LogP contribution in [0.3, 0.4) is 0 Å². The Bertz CT molecular complexity index is 1000. The van der Waals surface area contributed by atoms with Gasteiger partial charge in [-0.25, -0.2) is 12.8 Å². The lowest BCUT2D eigenvalue weighted by Crippen LogP contribution is -2.34. The normalized spacial score (nSPS) is 14.2. The maximum atomic E-state index is 14.4. The lowest BCUT2D eigenvalue weighted by Gasteiger charge is -2.24. The van der Waals surface area contributed by atoms with Gasteiger partial charge in [-0.15, -0.1) is 0 Å². The second-order valence-corrected chi connectivity index (χ2v) is 9.85. The van der Waals surface area contributed by atoms with E-state index in [-0.39, 0.29) is 30.6 Å². The van der Waals surface area contributed by atoms with Crippen molar-refractivity contribution in [3.8, 4) is 0 Å². The zero-order valence-electron chi connectivity index (χ0n) is 16.4. The van der Waals surface area contributed by atoms with E-state index in [1.165, 1.54) is 16.4 Å². The third kappa shape index (κ3) is 4.87. The number of halogens is 2. The molecule has 0 bridgehead atoms. The lowest BCUT2D eigenvalue weighted by atomic mass is 10.1. The highest BCUT2D eigenvalue weighted by molar-refractivity contribution is 9.10. The second kappa shape index (κ2) is 8.93. The van der Waals surface area contributed by atoms with E-state index in [1.807, 2.05) is 24.3 Å². The first-order chi connectivity index (χ1) is 13.8. The lowest BCUT2D eigenvalue weighted by molar-refractivity contribution is 0.0729. The number of sulfonamides is 1. The molecule has 0 unspecified atom stereocenters. The van der Waals surface area contributed by atoms with Crippen molar-refractivity contribution in [3.63, 3.8) is 0 Å². The van der Waals surface area contributed by atoms with Crippen molar-refractivity contribution in [2.24, 2.45) is 0 Å². The van der Waals surface area contributed by atoms with Gasteiger partial charge in [0.2, 0.25) is 10.0 Å². The minimum atomic E-state index is -4.00. The Hall–Kier alpha value is -1.77. The molecule has 8 heteroatoms. The summed E-state index contributed by atoms with van der Waals surface area (Å²) in [4.78, 5) is 14.5. The van der Waals surface area contributed by atoms with Gasteiger partial charge in [0.1, 0.15) is 10.7 Å². The summed E-state index contributed by atoms with van der Waals surface area (Å²) < 4.78 is 42.1. The summed E-state index contributed by atoms with van der Waals surface area (Å²) in [6, 6.07) is 11.4. The molecule has 5 nitrogen and oxygen atoms in total. The molecule has 0 atom stereocenters. The molecular weight excluding hydrogens is 459 g/mol. The highest BCUT2D eigenvalue weighted by Gasteiger charge is 2.34. The molecule has 2 aromatic rings. The summed E-state index contributed by atoms with van der Waals surface area (Å²) in [5, 5.41) is 0. The number of carbonyl (C=O) groups is 1. The van der Waals surface area contributed by atoms with E-state index in [9.17, 15) is 17.6 Å². The summed E-state index contributed by atoms with van der Waals surface area (Å²) in [5.74, 6) is -1.14. The molecule has 2 aromatic carbocycles. The van der Waals surface area contributed by atoms with Crippen LogP contribution in [-0.2, 0) is 16.6 Å². The summed E-state index contributed by atoms with van der Waals surface area (Å²) >= 11 is 3.44. The van der Waals surface area contributed by atoms with Crippen molar-refractivity contribution >= 4 is 31.9 Å². The van der Waals surface area contributed by atoms with Gasteiger partial charge in [0.25, 0.3) is 5.91 Å². The van der Waals surface area contributed by atoms with Crippen molar-refractivity contribution in [3.05, 3.63) is 63.9 Å². The highest BCUT2D eigenvalue weighted by atomic mass is 79.9. The largest absolute Gasteiger partial charge is 0.331 e. The highest BCUT2D eigenvalue weighted by Crippen LogP contribution is 2.31. The van der Waals surface area contributed by atoms with Crippen LogP contribution in [-0.4, -0.2) is 42.7 Å². The Morgan fingerprint density at radius 3 is 2.41 bits per heavy atom. The van der Waals surface area contributed by atoms with Crippen LogP contribution < -0.4 is 0 Å². The smallest absolute Gasteiger partial charge is 0.254 e. The molecule has 1 fully saturated rings. The fourth-order valence-corrected chi connectivity index (χ4v) is 5.28. The fraction of sp³-hybridized carbons (Fsp3) is 0.381. The molecule has 0 aromatic heterocycles. The molecule has 1 aliphatic rings. The molecule has 3 rings (SSSR count). The number of rotatable bonds is 8. The molecule has 1 aliphatic carbocycles.